The number of amides is 2. The first-order valence-corrected chi connectivity index (χ1v) is 10.7. The molecule has 2 heterocycles. The average molecular weight is 487 g/mol. The normalized spacial score (nSPS) is 16.0. The molecule has 1 atom stereocenters. The van der Waals surface area contributed by atoms with Crippen LogP contribution in [0.1, 0.15) is 6.42 Å². The summed E-state index contributed by atoms with van der Waals surface area (Å²) >= 11 is 4.67. The number of hydrogen-bond acceptors (Lipinski definition) is 6. The number of hydrogen-bond donors (Lipinski definition) is 1. The second kappa shape index (κ2) is 8.33. The minimum atomic E-state index is -0.491. The van der Waals surface area contributed by atoms with Crippen LogP contribution in [0.2, 0.25) is 0 Å². The lowest BCUT2D eigenvalue weighted by molar-refractivity contribution is -0.384. The number of benzene rings is 2. The molecule has 0 spiro atoms. The van der Waals surface area contributed by atoms with Gasteiger partial charge in [-0.25, -0.2) is 4.98 Å². The average Bonchev–Trinajstić information content (AvgIpc) is 3.35. The molecule has 1 N–H and O–H groups in total. The van der Waals surface area contributed by atoms with Crippen molar-refractivity contribution in [3.8, 4) is 11.3 Å². The zero-order chi connectivity index (χ0) is 21.3. The molecule has 4 rings (SSSR count). The van der Waals surface area contributed by atoms with Gasteiger partial charge in [-0.15, -0.1) is 11.3 Å². The topological polar surface area (TPSA) is 105 Å². The smallest absolute Gasteiger partial charge is 0.270 e. The summed E-state index contributed by atoms with van der Waals surface area (Å²) in [5.41, 5.74) is 1.84. The maximum atomic E-state index is 12.7. The number of rotatable bonds is 5. The maximum Gasteiger partial charge on any atom is 0.270 e. The van der Waals surface area contributed by atoms with Gasteiger partial charge in [-0.1, -0.05) is 24.3 Å². The fourth-order valence-electron chi connectivity index (χ4n) is 3.24. The van der Waals surface area contributed by atoms with Gasteiger partial charge in [0, 0.05) is 40.5 Å². The number of nitro groups is 1. The molecule has 30 heavy (non-hydrogen) atoms. The lowest BCUT2D eigenvalue weighted by atomic mass is 10.1. The molecule has 1 aromatic heterocycles. The first-order chi connectivity index (χ1) is 14.4. The summed E-state index contributed by atoms with van der Waals surface area (Å²) in [5.74, 6) is -0.883. The summed E-state index contributed by atoms with van der Waals surface area (Å²) < 4.78 is 0.793. The van der Waals surface area contributed by atoms with Gasteiger partial charge in [0.2, 0.25) is 11.8 Å². The van der Waals surface area contributed by atoms with E-state index in [9.17, 15) is 19.7 Å². The quantitative estimate of drug-likeness (QED) is 0.422. The standard InChI is InChI=1S/C20H15BrN4O4S/c21-15-6-1-2-7-17(15)24-10-13(9-18(24)26)19(27)23-20-22-16(11-30-20)12-4-3-5-14(8-12)25(28)29/h1-8,11,13H,9-10H2,(H,22,23,27). The van der Waals surface area contributed by atoms with E-state index < -0.39 is 10.8 Å². The van der Waals surface area contributed by atoms with Gasteiger partial charge in [0.05, 0.1) is 22.2 Å². The molecule has 1 aliphatic heterocycles. The number of para-hydroxylation sites is 1. The van der Waals surface area contributed by atoms with Gasteiger partial charge in [0.25, 0.3) is 5.69 Å². The van der Waals surface area contributed by atoms with E-state index in [-0.39, 0.29) is 30.5 Å². The van der Waals surface area contributed by atoms with Gasteiger partial charge >= 0.3 is 0 Å². The summed E-state index contributed by atoms with van der Waals surface area (Å²) in [6.45, 7) is 0.288. The van der Waals surface area contributed by atoms with Crippen LogP contribution in [-0.4, -0.2) is 28.3 Å². The van der Waals surface area contributed by atoms with Gasteiger partial charge < -0.3 is 10.2 Å². The van der Waals surface area contributed by atoms with Gasteiger partial charge in [0.1, 0.15) is 0 Å². The molecule has 1 unspecified atom stereocenters. The van der Waals surface area contributed by atoms with Crippen molar-refractivity contribution in [2.75, 3.05) is 16.8 Å². The van der Waals surface area contributed by atoms with E-state index in [1.807, 2.05) is 24.3 Å². The highest BCUT2D eigenvalue weighted by Crippen LogP contribution is 2.32. The fraction of sp³-hybridized carbons (Fsp3) is 0.150. The van der Waals surface area contributed by atoms with E-state index in [1.165, 1.54) is 23.5 Å². The molecular weight excluding hydrogens is 472 g/mol. The second-order valence-corrected chi connectivity index (χ2v) is 8.40. The van der Waals surface area contributed by atoms with Crippen LogP contribution in [0, 0.1) is 16.0 Å². The van der Waals surface area contributed by atoms with Crippen molar-refractivity contribution >= 4 is 55.6 Å². The number of aromatic nitrogens is 1. The predicted octanol–water partition coefficient (Wildman–Crippen LogP) is 4.47. The molecule has 0 saturated carbocycles. The predicted molar refractivity (Wildman–Crippen MR) is 117 cm³/mol. The largest absolute Gasteiger partial charge is 0.310 e. The Balaban J connectivity index is 1.45. The first-order valence-electron chi connectivity index (χ1n) is 8.98. The molecule has 2 aromatic carbocycles. The van der Waals surface area contributed by atoms with Crippen LogP contribution in [-0.2, 0) is 9.59 Å². The number of non-ortho nitro benzene ring substituents is 1. The maximum absolute atomic E-state index is 12.7. The Labute approximate surface area is 183 Å². The minimum absolute atomic E-state index is 0.0253. The lowest BCUT2D eigenvalue weighted by Gasteiger charge is -2.18. The number of halogens is 1. The molecule has 3 aromatic rings. The number of nitrogens with one attached hydrogen (secondary N) is 1. The van der Waals surface area contributed by atoms with Crippen LogP contribution in [0.3, 0.4) is 0 Å². The fourth-order valence-corrected chi connectivity index (χ4v) is 4.46. The number of anilines is 2. The third-order valence-electron chi connectivity index (χ3n) is 4.73. The number of carbonyl (C=O) groups excluding carboxylic acids is 2. The van der Waals surface area contributed by atoms with E-state index in [0.29, 0.717) is 16.4 Å². The highest BCUT2D eigenvalue weighted by atomic mass is 79.9. The van der Waals surface area contributed by atoms with Gasteiger partial charge in [-0.2, -0.15) is 0 Å². The van der Waals surface area contributed by atoms with Crippen LogP contribution in [0.25, 0.3) is 11.3 Å². The summed E-state index contributed by atoms with van der Waals surface area (Å²) in [7, 11) is 0. The number of nitro benzene ring substituents is 1. The van der Waals surface area contributed by atoms with Gasteiger partial charge in [0.15, 0.2) is 5.13 Å². The Morgan fingerprint density at radius 2 is 2.07 bits per heavy atom. The first kappa shape index (κ1) is 20.2. The summed E-state index contributed by atoms with van der Waals surface area (Å²) in [5, 5.41) is 15.8. The molecule has 2 amide bonds. The highest BCUT2D eigenvalue weighted by molar-refractivity contribution is 9.10. The van der Waals surface area contributed by atoms with Gasteiger partial charge in [-0.05, 0) is 28.1 Å². The van der Waals surface area contributed by atoms with Crippen molar-refractivity contribution in [2.45, 2.75) is 6.42 Å². The highest BCUT2D eigenvalue weighted by Gasteiger charge is 2.36. The van der Waals surface area contributed by atoms with E-state index in [1.54, 1.807) is 22.4 Å². The zero-order valence-corrected chi connectivity index (χ0v) is 17.9. The molecule has 0 bridgehead atoms. The second-order valence-electron chi connectivity index (χ2n) is 6.69. The summed E-state index contributed by atoms with van der Waals surface area (Å²) in [6.07, 6.45) is 0.121. The van der Waals surface area contributed by atoms with E-state index in [0.717, 1.165) is 10.2 Å². The summed E-state index contributed by atoms with van der Waals surface area (Å²) in [4.78, 5) is 41.6. The molecule has 1 fully saturated rings. The van der Waals surface area contributed by atoms with Crippen LogP contribution in [0.15, 0.2) is 58.4 Å². The Bertz CT molecular complexity index is 1150. The molecule has 10 heteroatoms. The zero-order valence-electron chi connectivity index (χ0n) is 15.4. The van der Waals surface area contributed by atoms with Crippen LogP contribution < -0.4 is 10.2 Å². The van der Waals surface area contributed by atoms with Crippen molar-refractivity contribution in [2.24, 2.45) is 5.92 Å². The Morgan fingerprint density at radius 3 is 2.83 bits per heavy atom. The molecule has 0 aliphatic carbocycles. The van der Waals surface area contributed by atoms with Crippen molar-refractivity contribution in [3.05, 3.63) is 68.5 Å². The number of carbonyl (C=O) groups is 2. The molecule has 1 aliphatic rings. The third-order valence-corrected chi connectivity index (χ3v) is 6.15. The van der Waals surface area contributed by atoms with Crippen molar-refractivity contribution in [1.82, 2.24) is 4.98 Å². The third kappa shape index (κ3) is 4.10. The Morgan fingerprint density at radius 1 is 1.27 bits per heavy atom. The van der Waals surface area contributed by atoms with Crippen molar-refractivity contribution in [1.29, 1.82) is 0 Å². The molecule has 8 nitrogen and oxygen atoms in total. The van der Waals surface area contributed by atoms with E-state index in [4.69, 9.17) is 0 Å². The van der Waals surface area contributed by atoms with E-state index >= 15 is 0 Å². The summed E-state index contributed by atoms with van der Waals surface area (Å²) in [6, 6.07) is 13.5. The molecule has 0 radical (unpaired) electrons. The number of nitrogens with zero attached hydrogens (tertiary/aromatic N) is 3. The van der Waals surface area contributed by atoms with E-state index in [2.05, 4.69) is 26.2 Å². The van der Waals surface area contributed by atoms with Crippen molar-refractivity contribution in [3.63, 3.8) is 0 Å². The van der Waals surface area contributed by atoms with Crippen molar-refractivity contribution < 1.29 is 14.5 Å². The SMILES string of the molecule is O=C(Nc1nc(-c2cccc([N+](=O)[O-])c2)cs1)C1CC(=O)N(c2ccccc2Br)C1. The van der Waals surface area contributed by atoms with Gasteiger partial charge in [-0.3, -0.25) is 19.7 Å². The monoisotopic (exact) mass is 486 g/mol. The lowest BCUT2D eigenvalue weighted by Crippen LogP contribution is -2.28. The van der Waals surface area contributed by atoms with Crippen LogP contribution in [0.5, 0.6) is 0 Å². The minimum Gasteiger partial charge on any atom is -0.310 e. The Hall–Kier alpha value is -3.11. The Kier molecular flexibility index (Phi) is 5.60. The van der Waals surface area contributed by atoms with Crippen LogP contribution in [0.4, 0.5) is 16.5 Å². The molecule has 1 saturated heterocycles. The molecule has 152 valence electrons. The van der Waals surface area contributed by atoms with Crippen LogP contribution >= 0.6 is 27.3 Å². The number of thiazole rings is 1. The molecular formula is C20H15BrN4O4S.